The molecule has 1 fully saturated rings. The molecule has 1 atom stereocenters. The van der Waals surface area contributed by atoms with Crippen LogP contribution >= 0.6 is 0 Å². The van der Waals surface area contributed by atoms with Crippen molar-refractivity contribution in [1.82, 2.24) is 0 Å². The van der Waals surface area contributed by atoms with Crippen molar-refractivity contribution in [1.29, 1.82) is 0 Å². The zero-order chi connectivity index (χ0) is 19.6. The van der Waals surface area contributed by atoms with E-state index in [-0.39, 0.29) is 6.54 Å². The molecule has 20 heavy (non-hydrogen) atoms. The predicted molar refractivity (Wildman–Crippen MR) is 81.4 cm³/mol. The van der Waals surface area contributed by atoms with E-state index in [0.29, 0.717) is 18.6 Å². The van der Waals surface area contributed by atoms with E-state index in [9.17, 15) is 5.11 Å². The Morgan fingerprint density at radius 3 is 2.45 bits per heavy atom. The van der Waals surface area contributed by atoms with E-state index >= 15 is 0 Å². The molecule has 1 saturated carbocycles. The van der Waals surface area contributed by atoms with Crippen molar-refractivity contribution in [3.63, 3.8) is 0 Å². The number of ether oxygens (including phenoxy) is 1. The highest BCUT2D eigenvalue weighted by molar-refractivity contribution is 5.31. The number of rotatable bonds is 5. The van der Waals surface area contributed by atoms with Crippen LogP contribution < -0.4 is 9.64 Å². The number of likely N-dealkylation sites (N-methyl/N-ethyl adjacent to an activating group) is 1. The molecule has 0 aliphatic heterocycles. The molecule has 2 rings (SSSR count). The van der Waals surface area contributed by atoms with Gasteiger partial charge < -0.3 is 14.7 Å². The van der Waals surface area contributed by atoms with Crippen LogP contribution in [-0.4, -0.2) is 38.3 Å². The molecule has 1 aromatic rings. The minimum atomic E-state index is -2.69. The molecule has 1 aliphatic carbocycles. The van der Waals surface area contributed by atoms with E-state index in [1.165, 1.54) is 0 Å². The first-order chi connectivity index (χ1) is 12.0. The van der Waals surface area contributed by atoms with Crippen molar-refractivity contribution in [2.24, 2.45) is 0 Å². The molecule has 0 bridgehead atoms. The van der Waals surface area contributed by atoms with Gasteiger partial charge in [0.25, 0.3) is 0 Å². The second kappa shape index (κ2) is 6.59. The fourth-order valence-corrected chi connectivity index (χ4v) is 3.17. The van der Waals surface area contributed by atoms with Gasteiger partial charge in [-0.1, -0.05) is 31.4 Å². The standard InChI is InChI=1S/C17H27NO2/c1-18(2)13-16(17(19)11-5-4-6-12-17)14-7-9-15(20-3)10-8-14/h7-10,16,19H,4-6,11-13H2,1-3H3/p+1/t16-/m1/s1/i1D3,2D3. The van der Waals surface area contributed by atoms with Crippen LogP contribution in [0.2, 0.25) is 0 Å². The van der Waals surface area contributed by atoms with Gasteiger partial charge in [0.2, 0.25) is 0 Å². The molecular weight excluding hydrogens is 250 g/mol. The number of quaternary nitrogens is 1. The smallest absolute Gasteiger partial charge is 0.118 e. The molecule has 0 radical (unpaired) electrons. The summed E-state index contributed by atoms with van der Waals surface area (Å²) in [5.74, 6) is 0.0727. The maximum absolute atomic E-state index is 11.3. The molecule has 0 spiro atoms. The highest BCUT2D eigenvalue weighted by Crippen LogP contribution is 2.39. The van der Waals surface area contributed by atoms with Crippen LogP contribution in [0, 0.1) is 0 Å². The van der Waals surface area contributed by atoms with Crippen LogP contribution in [0.15, 0.2) is 24.3 Å². The zero-order valence-corrected chi connectivity index (χ0v) is 12.0. The van der Waals surface area contributed by atoms with Crippen molar-refractivity contribution in [3.8, 4) is 5.75 Å². The normalized spacial score (nSPS) is 25.6. The Morgan fingerprint density at radius 1 is 1.25 bits per heavy atom. The summed E-state index contributed by atoms with van der Waals surface area (Å²) in [5, 5.41) is 11.3. The molecule has 0 aromatic heterocycles. The van der Waals surface area contributed by atoms with Crippen molar-refractivity contribution >= 4 is 0 Å². The molecule has 1 aromatic carbocycles. The number of hydrogen-bond donors (Lipinski definition) is 2. The Hall–Kier alpha value is -1.06. The van der Waals surface area contributed by atoms with Crippen molar-refractivity contribution < 1.29 is 23.0 Å². The van der Waals surface area contributed by atoms with Gasteiger partial charge in [-0.15, -0.1) is 0 Å². The van der Waals surface area contributed by atoms with Crippen molar-refractivity contribution in [2.45, 2.75) is 43.6 Å². The lowest BCUT2D eigenvalue weighted by molar-refractivity contribution is -0.860. The summed E-state index contributed by atoms with van der Waals surface area (Å²) in [6, 6.07) is 7.07. The quantitative estimate of drug-likeness (QED) is 0.861. The van der Waals surface area contributed by atoms with E-state index in [0.717, 1.165) is 24.8 Å². The van der Waals surface area contributed by atoms with Crippen LogP contribution in [-0.2, 0) is 0 Å². The molecule has 2 N–H and O–H groups in total. The van der Waals surface area contributed by atoms with Gasteiger partial charge in [0, 0.05) is 0 Å². The molecule has 0 amide bonds. The van der Waals surface area contributed by atoms with Gasteiger partial charge in [-0.05, 0) is 30.5 Å². The summed E-state index contributed by atoms with van der Waals surface area (Å²) < 4.78 is 51.2. The van der Waals surface area contributed by atoms with Gasteiger partial charge in [-0.2, -0.15) is 0 Å². The van der Waals surface area contributed by atoms with E-state index in [4.69, 9.17) is 13.0 Å². The minimum Gasteiger partial charge on any atom is -0.497 e. The second-order valence-electron chi connectivity index (χ2n) is 5.67. The van der Waals surface area contributed by atoms with Gasteiger partial charge in [0.05, 0.1) is 47.3 Å². The van der Waals surface area contributed by atoms with Gasteiger partial charge in [-0.25, -0.2) is 0 Å². The SMILES string of the molecule is [2H]C([2H])([2H])[NH+](C[C@H](c1ccc(OC)cc1)C1(O)CCCCC1)C([2H])([2H])[2H]. The summed E-state index contributed by atoms with van der Waals surface area (Å²) in [7, 11) is 1.55. The molecule has 112 valence electrons. The fourth-order valence-electron chi connectivity index (χ4n) is 3.17. The highest BCUT2D eigenvalue weighted by atomic mass is 16.5. The average Bonchev–Trinajstić information content (AvgIpc) is 2.53. The van der Waals surface area contributed by atoms with Crippen LogP contribution in [0.1, 0.15) is 51.8 Å². The Balaban J connectivity index is 2.42. The summed E-state index contributed by atoms with van der Waals surface area (Å²) in [6.45, 7) is -5.57. The average molecular weight is 284 g/mol. The number of hydrogen-bond acceptors (Lipinski definition) is 2. The van der Waals surface area contributed by atoms with Crippen molar-refractivity contribution in [2.75, 3.05) is 27.6 Å². The molecule has 0 heterocycles. The monoisotopic (exact) mass is 284 g/mol. The predicted octanol–water partition coefficient (Wildman–Crippen LogP) is 1.62. The summed E-state index contributed by atoms with van der Waals surface area (Å²) >= 11 is 0. The van der Waals surface area contributed by atoms with E-state index in [1.807, 2.05) is 0 Å². The Morgan fingerprint density at radius 2 is 1.90 bits per heavy atom. The van der Waals surface area contributed by atoms with Crippen LogP contribution in [0.5, 0.6) is 5.75 Å². The van der Waals surface area contributed by atoms with Crippen LogP contribution in [0.25, 0.3) is 0 Å². The van der Waals surface area contributed by atoms with Gasteiger partial charge >= 0.3 is 0 Å². The van der Waals surface area contributed by atoms with Gasteiger partial charge in [0.1, 0.15) is 5.75 Å². The number of methoxy groups -OCH3 is 1. The summed E-state index contributed by atoms with van der Waals surface area (Å²) in [6.07, 6.45) is 3.80. The minimum absolute atomic E-state index is 0.185. The molecule has 3 nitrogen and oxygen atoms in total. The lowest BCUT2D eigenvalue weighted by Gasteiger charge is -2.39. The van der Waals surface area contributed by atoms with E-state index < -0.39 is 30.4 Å². The molecule has 0 unspecified atom stereocenters. The van der Waals surface area contributed by atoms with Crippen LogP contribution in [0.3, 0.4) is 0 Å². The first-order valence-corrected chi connectivity index (χ1v) is 7.20. The Labute approximate surface area is 131 Å². The topological polar surface area (TPSA) is 33.9 Å². The number of nitrogens with one attached hydrogen (secondary N) is 1. The summed E-state index contributed by atoms with van der Waals surface area (Å²) in [5.41, 5.74) is -0.365. The lowest BCUT2D eigenvalue weighted by atomic mass is 9.72. The number of benzene rings is 1. The zero-order valence-electron chi connectivity index (χ0n) is 18.0. The first-order valence-electron chi connectivity index (χ1n) is 10.2. The summed E-state index contributed by atoms with van der Waals surface area (Å²) in [4.78, 5) is -0.468. The lowest BCUT2D eigenvalue weighted by Crippen LogP contribution is -3.06. The first kappa shape index (κ1) is 9.06. The maximum Gasteiger partial charge on any atom is 0.118 e. The van der Waals surface area contributed by atoms with Crippen molar-refractivity contribution in [3.05, 3.63) is 29.8 Å². The third kappa shape index (κ3) is 3.53. The molecule has 0 saturated heterocycles. The van der Waals surface area contributed by atoms with Gasteiger partial charge in [-0.3, -0.25) is 0 Å². The largest absolute Gasteiger partial charge is 0.497 e. The van der Waals surface area contributed by atoms with Gasteiger partial charge in [0.15, 0.2) is 0 Å². The van der Waals surface area contributed by atoms with E-state index in [2.05, 4.69) is 0 Å². The molecular formula is C17H28NO2+. The van der Waals surface area contributed by atoms with E-state index in [1.54, 1.807) is 31.4 Å². The Bertz CT molecular complexity index is 564. The fraction of sp³-hybridized carbons (Fsp3) is 0.647. The second-order valence-corrected chi connectivity index (χ2v) is 5.67. The third-order valence-electron chi connectivity index (χ3n) is 4.29. The van der Waals surface area contributed by atoms with Crippen LogP contribution in [0.4, 0.5) is 0 Å². The molecule has 1 aliphatic rings. The third-order valence-corrected chi connectivity index (χ3v) is 4.29. The highest BCUT2D eigenvalue weighted by Gasteiger charge is 2.40. The Kier molecular flexibility index (Phi) is 2.99. The molecule has 3 heteroatoms. The maximum atomic E-state index is 11.3. The number of aliphatic hydroxyl groups is 1.